The molecule has 2 heterocycles. The second-order valence-electron chi connectivity index (χ2n) is 2.50. The monoisotopic (exact) mass is 238 g/mol. The summed E-state index contributed by atoms with van der Waals surface area (Å²) in [6.07, 6.45) is -4.56. The Morgan fingerprint density at radius 2 is 1.71 bits per heavy atom. The van der Waals surface area contributed by atoms with Crippen molar-refractivity contribution in [2.45, 2.75) is 6.18 Å². The second kappa shape index (κ2) is 3.06. The largest absolute Gasteiger partial charge is 0.436 e. The quantitative estimate of drug-likeness (QED) is 0.703. The number of thiophene rings is 1. The summed E-state index contributed by atoms with van der Waals surface area (Å²) < 4.78 is 36.9. The van der Waals surface area contributed by atoms with E-state index in [2.05, 4.69) is 9.97 Å². The first-order valence-electron chi connectivity index (χ1n) is 3.45. The van der Waals surface area contributed by atoms with Gasteiger partial charge in [-0.25, -0.2) is 9.97 Å². The first-order valence-corrected chi connectivity index (χ1v) is 4.77. The topological polar surface area (TPSA) is 25.8 Å². The Labute approximate surface area is 85.4 Å². The van der Waals surface area contributed by atoms with Crippen molar-refractivity contribution in [1.82, 2.24) is 9.97 Å². The third kappa shape index (κ3) is 1.55. The minimum absolute atomic E-state index is 0.215. The molecule has 14 heavy (non-hydrogen) atoms. The molecule has 0 amide bonds. The molecule has 0 aromatic carbocycles. The number of rotatable bonds is 0. The SMILES string of the molecule is FC(F)(F)c1nc2cscc2nc1Cl. The number of nitrogens with zero attached hydrogens (tertiary/aromatic N) is 2. The molecule has 0 aliphatic carbocycles. The molecule has 0 unspecified atom stereocenters. The lowest BCUT2D eigenvalue weighted by molar-refractivity contribution is -0.141. The molecule has 2 aromatic rings. The van der Waals surface area contributed by atoms with Crippen molar-refractivity contribution in [2.75, 3.05) is 0 Å². The lowest BCUT2D eigenvalue weighted by atomic mass is 10.4. The van der Waals surface area contributed by atoms with Crippen molar-refractivity contribution in [2.24, 2.45) is 0 Å². The van der Waals surface area contributed by atoms with E-state index in [0.29, 0.717) is 5.52 Å². The van der Waals surface area contributed by atoms with E-state index in [1.54, 1.807) is 5.38 Å². The van der Waals surface area contributed by atoms with Crippen molar-refractivity contribution in [3.8, 4) is 0 Å². The molecule has 0 saturated carbocycles. The van der Waals surface area contributed by atoms with E-state index >= 15 is 0 Å². The number of aromatic nitrogens is 2. The summed E-state index contributed by atoms with van der Waals surface area (Å²) >= 11 is 6.59. The minimum Gasteiger partial charge on any atom is -0.238 e. The third-order valence-corrected chi connectivity index (χ3v) is 2.52. The van der Waals surface area contributed by atoms with E-state index in [4.69, 9.17) is 11.6 Å². The van der Waals surface area contributed by atoms with Crippen molar-refractivity contribution < 1.29 is 13.2 Å². The minimum atomic E-state index is -4.56. The maximum absolute atomic E-state index is 12.3. The number of hydrogen-bond donors (Lipinski definition) is 0. The van der Waals surface area contributed by atoms with E-state index in [9.17, 15) is 13.2 Å². The first-order chi connectivity index (χ1) is 6.48. The van der Waals surface area contributed by atoms with Crippen LogP contribution in [-0.2, 0) is 6.18 Å². The molecule has 74 valence electrons. The number of alkyl halides is 3. The van der Waals surface area contributed by atoms with E-state index in [1.165, 1.54) is 16.7 Å². The fourth-order valence-corrected chi connectivity index (χ4v) is 1.87. The predicted molar refractivity (Wildman–Crippen MR) is 47.4 cm³/mol. The Kier molecular flexibility index (Phi) is 2.11. The summed E-state index contributed by atoms with van der Waals surface area (Å²) in [7, 11) is 0. The van der Waals surface area contributed by atoms with Gasteiger partial charge >= 0.3 is 6.18 Å². The maximum Gasteiger partial charge on any atom is 0.436 e. The maximum atomic E-state index is 12.3. The van der Waals surface area contributed by atoms with Gasteiger partial charge in [0.2, 0.25) is 0 Å². The lowest BCUT2D eigenvalue weighted by Gasteiger charge is -2.06. The standard InChI is InChI=1S/C7H2ClF3N2S/c8-6-5(7(9,10)11)12-3-1-14-2-4(3)13-6/h1-2H. The smallest absolute Gasteiger partial charge is 0.238 e. The lowest BCUT2D eigenvalue weighted by Crippen LogP contribution is -2.09. The van der Waals surface area contributed by atoms with Crippen molar-refractivity contribution in [3.05, 3.63) is 21.6 Å². The van der Waals surface area contributed by atoms with Gasteiger partial charge < -0.3 is 0 Å². The molecule has 0 atom stereocenters. The van der Waals surface area contributed by atoms with Crippen molar-refractivity contribution in [3.63, 3.8) is 0 Å². The van der Waals surface area contributed by atoms with Gasteiger partial charge in [-0.3, -0.25) is 0 Å². The van der Waals surface area contributed by atoms with E-state index in [1.807, 2.05) is 0 Å². The van der Waals surface area contributed by atoms with E-state index in [0.717, 1.165) is 0 Å². The zero-order chi connectivity index (χ0) is 10.3. The summed E-state index contributed by atoms with van der Waals surface area (Å²) in [5.74, 6) is 0. The molecule has 7 heteroatoms. The van der Waals surface area contributed by atoms with Crippen LogP contribution in [0.1, 0.15) is 5.69 Å². The van der Waals surface area contributed by atoms with Gasteiger partial charge in [-0.05, 0) is 0 Å². The zero-order valence-corrected chi connectivity index (χ0v) is 8.04. The number of hydrogen-bond acceptors (Lipinski definition) is 3. The highest BCUT2D eigenvalue weighted by atomic mass is 35.5. The highest BCUT2D eigenvalue weighted by Crippen LogP contribution is 2.33. The molecular formula is C7H2ClF3N2S. The number of fused-ring (bicyclic) bond motifs is 1. The van der Waals surface area contributed by atoms with Gasteiger partial charge in [-0.1, -0.05) is 11.6 Å². The van der Waals surface area contributed by atoms with Gasteiger partial charge in [0.15, 0.2) is 10.8 Å². The molecule has 0 bridgehead atoms. The van der Waals surface area contributed by atoms with Gasteiger partial charge in [0.05, 0.1) is 0 Å². The molecule has 2 nitrogen and oxygen atoms in total. The van der Waals surface area contributed by atoms with Crippen LogP contribution in [-0.4, -0.2) is 9.97 Å². The van der Waals surface area contributed by atoms with Crippen LogP contribution >= 0.6 is 22.9 Å². The van der Waals surface area contributed by atoms with Crippen LogP contribution in [0.15, 0.2) is 10.8 Å². The van der Waals surface area contributed by atoms with Crippen LogP contribution in [0.2, 0.25) is 5.15 Å². The molecular weight excluding hydrogens is 237 g/mol. The molecule has 0 fully saturated rings. The Morgan fingerprint density at radius 3 is 2.29 bits per heavy atom. The van der Waals surface area contributed by atoms with Crippen LogP contribution in [0.5, 0.6) is 0 Å². The molecule has 0 N–H and O–H groups in total. The fraction of sp³-hybridized carbons (Fsp3) is 0.143. The average molecular weight is 239 g/mol. The van der Waals surface area contributed by atoms with Crippen LogP contribution in [0.4, 0.5) is 13.2 Å². The van der Waals surface area contributed by atoms with E-state index < -0.39 is 17.0 Å². The van der Waals surface area contributed by atoms with Crippen LogP contribution in [0, 0.1) is 0 Å². The Bertz CT molecular complexity index is 479. The first kappa shape index (κ1) is 9.67. The summed E-state index contributed by atoms with van der Waals surface area (Å²) in [4.78, 5) is 6.99. The molecule has 0 radical (unpaired) electrons. The Hall–Kier alpha value is -0.880. The highest BCUT2D eigenvalue weighted by molar-refractivity contribution is 7.09. The van der Waals surface area contributed by atoms with Crippen molar-refractivity contribution >= 4 is 34.0 Å². The summed E-state index contributed by atoms with van der Waals surface area (Å²) in [6.45, 7) is 0. The second-order valence-corrected chi connectivity index (χ2v) is 3.60. The Morgan fingerprint density at radius 1 is 1.14 bits per heavy atom. The van der Waals surface area contributed by atoms with Crippen molar-refractivity contribution in [1.29, 1.82) is 0 Å². The van der Waals surface area contributed by atoms with Gasteiger partial charge in [0, 0.05) is 10.8 Å². The summed E-state index contributed by atoms with van der Waals surface area (Å²) in [6, 6.07) is 0. The molecule has 2 aromatic heterocycles. The van der Waals surface area contributed by atoms with Gasteiger partial charge in [0.25, 0.3) is 0 Å². The normalized spacial score (nSPS) is 12.3. The third-order valence-electron chi connectivity index (χ3n) is 1.54. The van der Waals surface area contributed by atoms with Crippen LogP contribution < -0.4 is 0 Å². The zero-order valence-electron chi connectivity index (χ0n) is 6.47. The van der Waals surface area contributed by atoms with Gasteiger partial charge in [0.1, 0.15) is 11.0 Å². The summed E-state index contributed by atoms with van der Waals surface area (Å²) in [5, 5.41) is 2.48. The van der Waals surface area contributed by atoms with Crippen LogP contribution in [0.25, 0.3) is 11.0 Å². The predicted octanol–water partition coefficient (Wildman–Crippen LogP) is 3.36. The molecule has 0 aliphatic heterocycles. The fourth-order valence-electron chi connectivity index (χ4n) is 0.957. The highest BCUT2D eigenvalue weighted by Gasteiger charge is 2.36. The van der Waals surface area contributed by atoms with Gasteiger partial charge in [-0.15, -0.1) is 11.3 Å². The summed E-state index contributed by atoms with van der Waals surface area (Å²) in [5.41, 5.74) is -0.537. The number of halogens is 4. The molecule has 0 saturated heterocycles. The molecule has 2 rings (SSSR count). The van der Waals surface area contributed by atoms with Crippen LogP contribution in [0.3, 0.4) is 0 Å². The molecule has 0 spiro atoms. The molecule has 0 aliphatic rings. The Balaban J connectivity index is 2.71. The van der Waals surface area contributed by atoms with Gasteiger partial charge in [-0.2, -0.15) is 13.2 Å². The van der Waals surface area contributed by atoms with E-state index in [-0.39, 0.29) is 5.52 Å². The average Bonchev–Trinajstić information content (AvgIpc) is 2.47.